The van der Waals surface area contributed by atoms with Gasteiger partial charge >= 0.3 is 0 Å². The number of carbonyl (C=O) groups is 2. The Bertz CT molecular complexity index is 996. The first-order valence-electron chi connectivity index (χ1n) is 9.88. The summed E-state index contributed by atoms with van der Waals surface area (Å²) in [5.74, 6) is -0.369. The molecule has 0 aliphatic carbocycles. The Morgan fingerprint density at radius 2 is 1.97 bits per heavy atom. The van der Waals surface area contributed by atoms with Crippen molar-refractivity contribution in [3.8, 4) is 0 Å². The van der Waals surface area contributed by atoms with Gasteiger partial charge in [0.2, 0.25) is 0 Å². The molecule has 2 heterocycles. The van der Waals surface area contributed by atoms with Gasteiger partial charge in [0.25, 0.3) is 11.8 Å². The Balaban J connectivity index is 1.31. The number of aromatic nitrogens is 3. The maximum absolute atomic E-state index is 12.5. The molecule has 3 aromatic rings. The molecule has 2 aromatic carbocycles. The van der Waals surface area contributed by atoms with Crippen molar-refractivity contribution in [2.45, 2.75) is 32.0 Å². The van der Waals surface area contributed by atoms with Gasteiger partial charge in [0.15, 0.2) is 0 Å². The summed E-state index contributed by atoms with van der Waals surface area (Å²) >= 11 is 0. The molecule has 0 spiro atoms. The van der Waals surface area contributed by atoms with Gasteiger partial charge < -0.3 is 15.4 Å². The number of carbonyl (C=O) groups excluding carboxylic acids is 2. The molecule has 0 saturated carbocycles. The molecule has 2 amide bonds. The lowest BCUT2D eigenvalue weighted by Crippen LogP contribution is -2.27. The lowest BCUT2D eigenvalue weighted by atomic mass is 10.1. The molecule has 1 aliphatic rings. The van der Waals surface area contributed by atoms with E-state index >= 15 is 0 Å². The predicted molar refractivity (Wildman–Crippen MR) is 111 cm³/mol. The van der Waals surface area contributed by atoms with E-state index < -0.39 is 6.10 Å². The average Bonchev–Trinajstić information content (AvgIpc) is 3.48. The third-order valence-electron chi connectivity index (χ3n) is 4.90. The van der Waals surface area contributed by atoms with E-state index in [1.165, 1.54) is 6.33 Å². The van der Waals surface area contributed by atoms with Crippen molar-refractivity contribution in [2.75, 3.05) is 11.9 Å². The van der Waals surface area contributed by atoms with Crippen LogP contribution in [0.3, 0.4) is 0 Å². The second kappa shape index (κ2) is 9.32. The smallest absolute Gasteiger partial charge is 0.253 e. The van der Waals surface area contributed by atoms with Gasteiger partial charge in [0.1, 0.15) is 18.8 Å². The van der Waals surface area contributed by atoms with Crippen molar-refractivity contribution in [1.29, 1.82) is 0 Å². The number of anilines is 1. The van der Waals surface area contributed by atoms with Gasteiger partial charge in [-0.3, -0.25) is 9.59 Å². The van der Waals surface area contributed by atoms with Gasteiger partial charge in [0, 0.05) is 24.4 Å². The van der Waals surface area contributed by atoms with Crippen molar-refractivity contribution in [3.05, 3.63) is 77.9 Å². The molecule has 1 saturated heterocycles. The van der Waals surface area contributed by atoms with Gasteiger partial charge in [-0.15, -0.1) is 0 Å². The van der Waals surface area contributed by atoms with E-state index in [2.05, 4.69) is 20.7 Å². The highest BCUT2D eigenvalue weighted by Gasteiger charge is 2.23. The monoisotopic (exact) mass is 405 g/mol. The number of hydrogen-bond acceptors (Lipinski definition) is 5. The quantitative estimate of drug-likeness (QED) is 0.629. The Labute approximate surface area is 174 Å². The van der Waals surface area contributed by atoms with Crippen molar-refractivity contribution < 1.29 is 14.3 Å². The van der Waals surface area contributed by atoms with Crippen LogP contribution in [0.2, 0.25) is 0 Å². The summed E-state index contributed by atoms with van der Waals surface area (Å²) in [6, 6.07) is 14.9. The molecule has 0 bridgehead atoms. The minimum absolute atomic E-state index is 0.170. The molecule has 1 aromatic heterocycles. The normalized spacial score (nSPS) is 15.7. The zero-order valence-electron chi connectivity index (χ0n) is 16.5. The highest BCUT2D eigenvalue weighted by atomic mass is 16.5. The summed E-state index contributed by atoms with van der Waals surface area (Å²) in [7, 11) is 0. The van der Waals surface area contributed by atoms with Crippen LogP contribution in [0.25, 0.3) is 0 Å². The highest BCUT2D eigenvalue weighted by molar-refractivity contribution is 5.98. The minimum atomic E-state index is -0.407. The fourth-order valence-corrected chi connectivity index (χ4v) is 3.29. The molecule has 1 aliphatic heterocycles. The average molecular weight is 405 g/mol. The molecule has 2 N–H and O–H groups in total. The molecule has 154 valence electrons. The number of hydrogen-bond donors (Lipinski definition) is 2. The predicted octanol–water partition coefficient (Wildman–Crippen LogP) is 2.37. The molecule has 1 fully saturated rings. The van der Waals surface area contributed by atoms with Crippen molar-refractivity contribution in [3.63, 3.8) is 0 Å². The number of nitrogens with one attached hydrogen (secondary N) is 2. The van der Waals surface area contributed by atoms with Gasteiger partial charge in [-0.25, -0.2) is 9.67 Å². The van der Waals surface area contributed by atoms with Gasteiger partial charge in [-0.2, -0.15) is 5.10 Å². The summed E-state index contributed by atoms with van der Waals surface area (Å²) < 4.78 is 7.14. The van der Waals surface area contributed by atoms with E-state index in [0.29, 0.717) is 30.9 Å². The van der Waals surface area contributed by atoms with E-state index in [-0.39, 0.29) is 11.8 Å². The second-order valence-electron chi connectivity index (χ2n) is 7.16. The Kier molecular flexibility index (Phi) is 6.14. The number of amides is 2. The molecule has 0 unspecified atom stereocenters. The number of ether oxygens (including phenoxy) is 1. The van der Waals surface area contributed by atoms with Crippen LogP contribution in [0.15, 0.2) is 61.2 Å². The number of rotatable bonds is 7. The summed E-state index contributed by atoms with van der Waals surface area (Å²) in [6.45, 7) is 1.67. The third-order valence-corrected chi connectivity index (χ3v) is 4.90. The van der Waals surface area contributed by atoms with Crippen LogP contribution >= 0.6 is 0 Å². The summed E-state index contributed by atoms with van der Waals surface area (Å²) in [5, 5.41) is 9.82. The van der Waals surface area contributed by atoms with E-state index in [1.54, 1.807) is 35.3 Å². The fraction of sp³-hybridized carbons (Fsp3) is 0.273. The van der Waals surface area contributed by atoms with E-state index in [9.17, 15) is 9.59 Å². The molecule has 30 heavy (non-hydrogen) atoms. The molecule has 0 radical (unpaired) electrons. The Morgan fingerprint density at radius 1 is 1.13 bits per heavy atom. The van der Waals surface area contributed by atoms with E-state index in [1.807, 2.05) is 24.3 Å². The summed E-state index contributed by atoms with van der Waals surface area (Å²) in [5.41, 5.74) is 3.17. The number of nitrogens with zero attached hydrogens (tertiary/aromatic N) is 3. The van der Waals surface area contributed by atoms with Gasteiger partial charge in [-0.1, -0.05) is 30.3 Å². The van der Waals surface area contributed by atoms with E-state index in [0.717, 1.165) is 24.0 Å². The largest absolute Gasteiger partial charge is 0.368 e. The second-order valence-corrected chi connectivity index (χ2v) is 7.16. The Morgan fingerprint density at radius 3 is 2.70 bits per heavy atom. The van der Waals surface area contributed by atoms with Crippen LogP contribution < -0.4 is 10.6 Å². The van der Waals surface area contributed by atoms with Crippen molar-refractivity contribution in [1.82, 2.24) is 20.1 Å². The van der Waals surface area contributed by atoms with Gasteiger partial charge in [0.05, 0.1) is 6.54 Å². The van der Waals surface area contributed by atoms with Crippen LogP contribution in [0.5, 0.6) is 0 Å². The Hall–Kier alpha value is -3.52. The zero-order chi connectivity index (χ0) is 20.8. The van der Waals surface area contributed by atoms with Crippen molar-refractivity contribution >= 4 is 17.5 Å². The van der Waals surface area contributed by atoms with Gasteiger partial charge in [-0.05, 0) is 42.2 Å². The summed E-state index contributed by atoms with van der Waals surface area (Å²) in [6.07, 6.45) is 4.39. The van der Waals surface area contributed by atoms with Crippen LogP contribution in [0.1, 0.15) is 34.3 Å². The highest BCUT2D eigenvalue weighted by Crippen LogP contribution is 2.16. The first kappa shape index (κ1) is 19.8. The lowest BCUT2D eigenvalue weighted by Gasteiger charge is -2.11. The minimum Gasteiger partial charge on any atom is -0.368 e. The number of benzene rings is 2. The molecule has 8 nitrogen and oxygen atoms in total. The topological polar surface area (TPSA) is 98.1 Å². The standard InChI is InChI=1S/C22H23N5O3/c28-21(18-3-1-4-19(11-18)26-22(29)20-5-2-10-30-20)24-12-16-6-8-17(9-7-16)13-27-15-23-14-25-27/h1,3-4,6-9,11,14-15,20H,2,5,10,12-13H2,(H,24,28)(H,26,29)/t20-/m1/s1. The summed E-state index contributed by atoms with van der Waals surface area (Å²) in [4.78, 5) is 28.6. The first-order valence-corrected chi connectivity index (χ1v) is 9.88. The maximum Gasteiger partial charge on any atom is 0.253 e. The van der Waals surface area contributed by atoms with Crippen LogP contribution in [0, 0.1) is 0 Å². The fourth-order valence-electron chi connectivity index (χ4n) is 3.29. The SMILES string of the molecule is O=C(NCc1ccc(Cn2cncn2)cc1)c1cccc(NC(=O)[C@H]2CCCO2)c1. The van der Waals surface area contributed by atoms with Crippen LogP contribution in [-0.4, -0.2) is 39.3 Å². The van der Waals surface area contributed by atoms with Crippen LogP contribution in [0.4, 0.5) is 5.69 Å². The van der Waals surface area contributed by atoms with Crippen LogP contribution in [-0.2, 0) is 22.6 Å². The lowest BCUT2D eigenvalue weighted by molar-refractivity contribution is -0.124. The maximum atomic E-state index is 12.5. The van der Waals surface area contributed by atoms with Crippen molar-refractivity contribution in [2.24, 2.45) is 0 Å². The molecular formula is C22H23N5O3. The molecule has 8 heteroatoms. The molecule has 1 atom stereocenters. The third kappa shape index (κ3) is 5.09. The van der Waals surface area contributed by atoms with E-state index in [4.69, 9.17) is 4.74 Å². The molecular weight excluding hydrogens is 382 g/mol. The zero-order valence-corrected chi connectivity index (χ0v) is 16.5. The molecule has 4 rings (SSSR count). The first-order chi connectivity index (χ1) is 14.7.